The van der Waals surface area contributed by atoms with E-state index in [0.717, 1.165) is 37.9 Å². The molecule has 4 nitrogen and oxygen atoms in total. The van der Waals surface area contributed by atoms with E-state index in [-0.39, 0.29) is 11.9 Å². The Kier molecular flexibility index (Phi) is 5.64. The first kappa shape index (κ1) is 14.8. The average Bonchev–Trinajstić information content (AvgIpc) is 2.43. The van der Waals surface area contributed by atoms with Crippen molar-refractivity contribution in [3.8, 4) is 0 Å². The van der Waals surface area contributed by atoms with Crippen LogP contribution in [0.1, 0.15) is 45.4 Å². The number of hydrogen-bond acceptors (Lipinski definition) is 3. The van der Waals surface area contributed by atoms with Gasteiger partial charge in [-0.15, -0.1) is 0 Å². The quantitative estimate of drug-likeness (QED) is 0.764. The second-order valence-corrected chi connectivity index (χ2v) is 6.26. The molecule has 0 aromatic heterocycles. The number of nitrogens with zero attached hydrogens (tertiary/aromatic N) is 1. The van der Waals surface area contributed by atoms with Crippen LogP contribution in [-0.2, 0) is 4.79 Å². The number of nitrogens with two attached hydrogens (primary N) is 1. The van der Waals surface area contributed by atoms with Crippen LogP contribution in [0, 0.1) is 11.8 Å². The van der Waals surface area contributed by atoms with Gasteiger partial charge in [-0.2, -0.15) is 0 Å². The van der Waals surface area contributed by atoms with Crippen molar-refractivity contribution in [2.75, 3.05) is 26.2 Å². The van der Waals surface area contributed by atoms with Gasteiger partial charge in [0.05, 0.1) is 6.04 Å². The molecule has 0 radical (unpaired) electrons. The first-order chi connectivity index (χ1) is 9.20. The molecule has 0 aromatic rings. The predicted molar refractivity (Wildman–Crippen MR) is 77.8 cm³/mol. The van der Waals surface area contributed by atoms with E-state index in [9.17, 15) is 4.79 Å². The number of carbonyl (C=O) groups excluding carboxylic acids is 1. The number of likely N-dealkylation sites (tertiary alicyclic amines) is 1. The van der Waals surface area contributed by atoms with Gasteiger partial charge in [0.1, 0.15) is 0 Å². The second-order valence-electron chi connectivity index (χ2n) is 6.26. The van der Waals surface area contributed by atoms with E-state index in [4.69, 9.17) is 5.73 Å². The van der Waals surface area contributed by atoms with Gasteiger partial charge in [-0.3, -0.25) is 4.79 Å². The minimum atomic E-state index is -0.209. The minimum absolute atomic E-state index is 0.180. The maximum atomic E-state index is 11.5. The molecule has 2 fully saturated rings. The molecule has 0 aromatic carbocycles. The van der Waals surface area contributed by atoms with Crippen molar-refractivity contribution in [2.45, 2.75) is 51.5 Å². The van der Waals surface area contributed by atoms with Crippen LogP contribution in [-0.4, -0.2) is 43.0 Å². The first-order valence-corrected chi connectivity index (χ1v) is 7.95. The first-order valence-electron chi connectivity index (χ1n) is 7.95. The Hall–Kier alpha value is -0.610. The number of hydrogen-bond donors (Lipinski definition) is 2. The van der Waals surface area contributed by atoms with Crippen LogP contribution >= 0.6 is 0 Å². The SMILES string of the molecule is CCCNC(CN1CCC2CCCCC2C1)C(N)=O. The summed E-state index contributed by atoms with van der Waals surface area (Å²) in [5.74, 6) is 1.60. The molecule has 1 heterocycles. The Balaban J connectivity index is 1.82. The van der Waals surface area contributed by atoms with Crippen LogP contribution in [0.3, 0.4) is 0 Å². The summed E-state index contributed by atoms with van der Waals surface area (Å²) in [5.41, 5.74) is 5.50. The van der Waals surface area contributed by atoms with Crippen molar-refractivity contribution in [1.29, 1.82) is 0 Å². The summed E-state index contributed by atoms with van der Waals surface area (Å²) in [6.07, 6.45) is 7.96. The van der Waals surface area contributed by atoms with Gasteiger partial charge < -0.3 is 16.0 Å². The lowest BCUT2D eigenvalue weighted by molar-refractivity contribution is -0.120. The molecule has 1 aliphatic carbocycles. The van der Waals surface area contributed by atoms with Crippen LogP contribution < -0.4 is 11.1 Å². The van der Waals surface area contributed by atoms with E-state index < -0.39 is 0 Å². The van der Waals surface area contributed by atoms with Crippen molar-refractivity contribution in [2.24, 2.45) is 17.6 Å². The molecule has 2 aliphatic rings. The topological polar surface area (TPSA) is 58.4 Å². The van der Waals surface area contributed by atoms with E-state index >= 15 is 0 Å². The molecule has 1 aliphatic heterocycles. The Morgan fingerprint density at radius 2 is 2.05 bits per heavy atom. The fourth-order valence-corrected chi connectivity index (χ4v) is 3.67. The normalized spacial score (nSPS) is 29.7. The molecule has 4 heteroatoms. The smallest absolute Gasteiger partial charge is 0.235 e. The van der Waals surface area contributed by atoms with Gasteiger partial charge in [0, 0.05) is 13.1 Å². The number of amides is 1. The molecular formula is C15H29N3O. The highest BCUT2D eigenvalue weighted by Gasteiger charge is 2.32. The largest absolute Gasteiger partial charge is 0.368 e. The van der Waals surface area contributed by atoms with Crippen LogP contribution in [0.15, 0.2) is 0 Å². The van der Waals surface area contributed by atoms with Gasteiger partial charge in [0.15, 0.2) is 0 Å². The van der Waals surface area contributed by atoms with Crippen LogP contribution in [0.4, 0.5) is 0 Å². The molecular weight excluding hydrogens is 238 g/mol. The molecule has 3 atom stereocenters. The third kappa shape index (κ3) is 4.18. The molecule has 19 heavy (non-hydrogen) atoms. The monoisotopic (exact) mass is 267 g/mol. The highest BCUT2D eigenvalue weighted by molar-refractivity contribution is 5.80. The molecule has 3 N–H and O–H groups in total. The zero-order valence-corrected chi connectivity index (χ0v) is 12.2. The van der Waals surface area contributed by atoms with Crippen LogP contribution in [0.2, 0.25) is 0 Å². The van der Waals surface area contributed by atoms with Crippen molar-refractivity contribution >= 4 is 5.91 Å². The molecule has 1 amide bonds. The van der Waals surface area contributed by atoms with Crippen molar-refractivity contribution in [3.63, 3.8) is 0 Å². The van der Waals surface area contributed by atoms with E-state index in [1.807, 2.05) is 0 Å². The van der Waals surface area contributed by atoms with Crippen LogP contribution in [0.25, 0.3) is 0 Å². The third-order valence-electron chi connectivity index (χ3n) is 4.80. The van der Waals surface area contributed by atoms with Gasteiger partial charge in [-0.1, -0.05) is 26.2 Å². The number of piperidine rings is 1. The predicted octanol–water partition coefficient (Wildman–Crippen LogP) is 1.35. The van der Waals surface area contributed by atoms with E-state index in [1.54, 1.807) is 0 Å². The van der Waals surface area contributed by atoms with Gasteiger partial charge >= 0.3 is 0 Å². The summed E-state index contributed by atoms with van der Waals surface area (Å²) in [5, 5.41) is 3.27. The summed E-state index contributed by atoms with van der Waals surface area (Å²) in [6, 6.07) is -0.180. The zero-order chi connectivity index (χ0) is 13.7. The van der Waals surface area contributed by atoms with Crippen LogP contribution in [0.5, 0.6) is 0 Å². The van der Waals surface area contributed by atoms with E-state index in [1.165, 1.54) is 38.6 Å². The minimum Gasteiger partial charge on any atom is -0.368 e. The van der Waals surface area contributed by atoms with Crippen molar-refractivity contribution in [1.82, 2.24) is 10.2 Å². The zero-order valence-electron chi connectivity index (χ0n) is 12.2. The lowest BCUT2D eigenvalue weighted by Gasteiger charge is -2.42. The van der Waals surface area contributed by atoms with E-state index in [0.29, 0.717) is 0 Å². The van der Waals surface area contributed by atoms with Crippen molar-refractivity contribution in [3.05, 3.63) is 0 Å². The van der Waals surface area contributed by atoms with Gasteiger partial charge in [0.25, 0.3) is 0 Å². The number of nitrogens with one attached hydrogen (secondary N) is 1. The third-order valence-corrected chi connectivity index (χ3v) is 4.80. The summed E-state index contributed by atoms with van der Waals surface area (Å²) >= 11 is 0. The summed E-state index contributed by atoms with van der Waals surface area (Å²) in [7, 11) is 0. The Labute approximate surface area is 117 Å². The van der Waals surface area contributed by atoms with Gasteiger partial charge in [0.2, 0.25) is 5.91 Å². The molecule has 1 saturated heterocycles. The summed E-state index contributed by atoms with van der Waals surface area (Å²) in [6.45, 7) is 6.08. The molecule has 110 valence electrons. The maximum Gasteiger partial charge on any atom is 0.235 e. The summed E-state index contributed by atoms with van der Waals surface area (Å²) in [4.78, 5) is 13.9. The Bertz CT molecular complexity index is 295. The highest BCUT2D eigenvalue weighted by Crippen LogP contribution is 2.35. The molecule has 3 unspecified atom stereocenters. The Morgan fingerprint density at radius 3 is 2.74 bits per heavy atom. The fraction of sp³-hybridized carbons (Fsp3) is 0.933. The highest BCUT2D eigenvalue weighted by atomic mass is 16.1. The molecule has 2 rings (SSSR count). The number of rotatable bonds is 6. The lowest BCUT2D eigenvalue weighted by Crippen LogP contribution is -2.52. The second kappa shape index (κ2) is 7.25. The van der Waals surface area contributed by atoms with Crippen molar-refractivity contribution < 1.29 is 4.79 Å². The average molecular weight is 267 g/mol. The lowest BCUT2D eigenvalue weighted by atomic mass is 9.75. The number of carbonyl (C=O) groups is 1. The Morgan fingerprint density at radius 1 is 1.32 bits per heavy atom. The molecule has 0 spiro atoms. The van der Waals surface area contributed by atoms with Gasteiger partial charge in [-0.25, -0.2) is 0 Å². The fourth-order valence-electron chi connectivity index (χ4n) is 3.67. The standard InChI is InChI=1S/C15H29N3O/c1-2-8-17-14(15(16)19)11-18-9-7-12-5-3-4-6-13(12)10-18/h12-14,17H,2-11H2,1H3,(H2,16,19). The molecule has 1 saturated carbocycles. The summed E-state index contributed by atoms with van der Waals surface area (Å²) < 4.78 is 0. The molecule has 0 bridgehead atoms. The number of primary amides is 1. The number of fused-ring (bicyclic) bond motifs is 1. The van der Waals surface area contributed by atoms with Gasteiger partial charge in [-0.05, 0) is 44.2 Å². The maximum absolute atomic E-state index is 11.5. The van der Waals surface area contributed by atoms with E-state index in [2.05, 4.69) is 17.1 Å².